The number of ether oxygens (including phenoxy) is 3. The predicted octanol–water partition coefficient (Wildman–Crippen LogP) is 5.28. The zero-order valence-corrected chi connectivity index (χ0v) is 21.1. The van der Waals surface area contributed by atoms with E-state index in [0.717, 1.165) is 39.3 Å². The molecular weight excluding hydrogens is 456 g/mol. The van der Waals surface area contributed by atoms with Crippen molar-refractivity contribution in [2.24, 2.45) is 0 Å². The molecule has 0 aliphatic heterocycles. The Bertz CT molecular complexity index is 1330. The van der Waals surface area contributed by atoms with Crippen LogP contribution in [-0.4, -0.2) is 48.6 Å². The number of anilines is 1. The van der Waals surface area contributed by atoms with Crippen LogP contribution in [0.3, 0.4) is 0 Å². The summed E-state index contributed by atoms with van der Waals surface area (Å²) in [6, 6.07) is 21.3. The molecular formula is C29H32N2O5. The highest BCUT2D eigenvalue weighted by molar-refractivity contribution is 6.07. The fraction of sp³-hybridized carbons (Fsp3) is 0.276. The lowest BCUT2D eigenvalue weighted by Gasteiger charge is -2.14. The van der Waals surface area contributed by atoms with Crippen LogP contribution in [0.1, 0.15) is 28.5 Å². The molecule has 0 saturated carbocycles. The van der Waals surface area contributed by atoms with E-state index < -0.39 is 6.10 Å². The molecule has 188 valence electrons. The molecule has 0 aliphatic rings. The summed E-state index contributed by atoms with van der Waals surface area (Å²) in [5, 5.41) is 14.4. The fourth-order valence-corrected chi connectivity index (χ4v) is 4.17. The minimum absolute atomic E-state index is 0.0983. The molecule has 0 spiro atoms. The quantitative estimate of drug-likeness (QED) is 0.296. The molecule has 4 aromatic rings. The molecule has 1 heterocycles. The zero-order chi connectivity index (χ0) is 25.7. The van der Waals surface area contributed by atoms with Gasteiger partial charge in [0.25, 0.3) is 0 Å². The maximum absolute atomic E-state index is 12.9. The van der Waals surface area contributed by atoms with Crippen molar-refractivity contribution in [2.45, 2.75) is 26.9 Å². The number of aliphatic hydroxyl groups is 1. The summed E-state index contributed by atoms with van der Waals surface area (Å²) in [5.41, 5.74) is 5.20. The number of carbonyl (C=O) groups is 1. The summed E-state index contributed by atoms with van der Waals surface area (Å²) in [6.45, 7) is 6.47. The van der Waals surface area contributed by atoms with Crippen LogP contribution in [0, 0.1) is 13.8 Å². The Balaban J connectivity index is 1.54. The molecule has 0 aliphatic carbocycles. The van der Waals surface area contributed by atoms with Crippen LogP contribution in [0.15, 0.2) is 66.7 Å². The van der Waals surface area contributed by atoms with Crippen LogP contribution in [0.25, 0.3) is 16.6 Å². The maximum Gasteiger partial charge on any atom is 0.340 e. The van der Waals surface area contributed by atoms with Gasteiger partial charge in [0.15, 0.2) is 0 Å². The Hall–Kier alpha value is -3.97. The van der Waals surface area contributed by atoms with Gasteiger partial charge < -0.3 is 29.2 Å². The molecule has 0 radical (unpaired) electrons. The third-order valence-corrected chi connectivity index (χ3v) is 6.02. The number of aromatic nitrogens is 1. The second-order valence-corrected chi connectivity index (χ2v) is 8.61. The third-order valence-electron chi connectivity index (χ3n) is 6.02. The number of esters is 1. The lowest BCUT2D eigenvalue weighted by atomic mass is 10.1. The van der Waals surface area contributed by atoms with E-state index in [4.69, 9.17) is 14.2 Å². The van der Waals surface area contributed by atoms with Crippen molar-refractivity contribution in [1.29, 1.82) is 0 Å². The first-order valence-corrected chi connectivity index (χ1v) is 12.0. The molecule has 4 rings (SSSR count). The molecule has 7 nitrogen and oxygen atoms in total. The second-order valence-electron chi connectivity index (χ2n) is 8.61. The lowest BCUT2D eigenvalue weighted by molar-refractivity contribution is 0.0527. The average molecular weight is 489 g/mol. The van der Waals surface area contributed by atoms with Gasteiger partial charge in [-0.25, -0.2) is 4.79 Å². The van der Waals surface area contributed by atoms with Crippen molar-refractivity contribution in [1.82, 2.24) is 4.57 Å². The number of hydrogen-bond acceptors (Lipinski definition) is 6. The standard InChI is InChI=1S/C29H32N2O5/c1-5-35-29(33)28-20(3)31(22-10-6-19(2)7-11-22)27-15-14-25(16-26(27)28)36-18-23(32)17-30-21-8-12-24(34-4)13-9-21/h6-16,23,30,32H,5,17-18H2,1-4H3/t23-/m1/s1. The molecule has 7 heteroatoms. The SMILES string of the molecule is CCOC(=O)c1c(C)n(-c2ccc(C)cc2)c2ccc(OC[C@H](O)CNc3ccc(OC)cc3)cc12. The molecule has 0 saturated heterocycles. The summed E-state index contributed by atoms with van der Waals surface area (Å²) in [4.78, 5) is 12.9. The minimum atomic E-state index is -0.730. The number of fused-ring (bicyclic) bond motifs is 1. The molecule has 3 aromatic carbocycles. The van der Waals surface area contributed by atoms with Gasteiger partial charge in [0.2, 0.25) is 0 Å². The summed E-state index contributed by atoms with van der Waals surface area (Å²) in [7, 11) is 1.62. The summed E-state index contributed by atoms with van der Waals surface area (Å²) in [5.74, 6) is 0.970. The van der Waals surface area contributed by atoms with Crippen molar-refractivity contribution in [3.8, 4) is 17.2 Å². The number of aryl methyl sites for hydroxylation is 1. The molecule has 0 unspecified atom stereocenters. The van der Waals surface area contributed by atoms with Gasteiger partial charge in [-0.15, -0.1) is 0 Å². The normalized spacial score (nSPS) is 11.8. The van der Waals surface area contributed by atoms with E-state index in [-0.39, 0.29) is 12.6 Å². The summed E-state index contributed by atoms with van der Waals surface area (Å²) in [6.07, 6.45) is -0.730. The van der Waals surface area contributed by atoms with Gasteiger partial charge in [0, 0.05) is 29.0 Å². The number of hydrogen-bond donors (Lipinski definition) is 2. The minimum Gasteiger partial charge on any atom is -0.497 e. The fourth-order valence-electron chi connectivity index (χ4n) is 4.17. The number of nitrogens with zero attached hydrogens (tertiary/aromatic N) is 1. The number of rotatable bonds is 10. The Kier molecular flexibility index (Phi) is 7.80. The van der Waals surface area contributed by atoms with Crippen molar-refractivity contribution in [3.63, 3.8) is 0 Å². The maximum atomic E-state index is 12.9. The topological polar surface area (TPSA) is 82.0 Å². The van der Waals surface area contributed by atoms with E-state index in [1.165, 1.54) is 0 Å². The molecule has 36 heavy (non-hydrogen) atoms. The predicted molar refractivity (Wildman–Crippen MR) is 142 cm³/mol. The molecule has 2 N–H and O–H groups in total. The molecule has 0 amide bonds. The zero-order valence-electron chi connectivity index (χ0n) is 21.1. The van der Waals surface area contributed by atoms with Crippen LogP contribution in [0.5, 0.6) is 11.5 Å². The number of aliphatic hydroxyl groups excluding tert-OH is 1. The Morgan fingerprint density at radius 1 is 1.00 bits per heavy atom. The monoisotopic (exact) mass is 488 g/mol. The molecule has 0 bridgehead atoms. The van der Waals surface area contributed by atoms with Crippen molar-refractivity contribution in [2.75, 3.05) is 32.2 Å². The largest absolute Gasteiger partial charge is 0.497 e. The Morgan fingerprint density at radius 3 is 2.36 bits per heavy atom. The molecule has 0 fully saturated rings. The average Bonchev–Trinajstić information content (AvgIpc) is 3.18. The van der Waals surface area contributed by atoms with Gasteiger partial charge in [0.05, 0.1) is 24.8 Å². The van der Waals surface area contributed by atoms with Gasteiger partial charge in [-0.3, -0.25) is 0 Å². The second kappa shape index (κ2) is 11.2. The van der Waals surface area contributed by atoms with Crippen LogP contribution < -0.4 is 14.8 Å². The number of nitrogens with one attached hydrogen (secondary N) is 1. The smallest absolute Gasteiger partial charge is 0.340 e. The van der Waals surface area contributed by atoms with Crippen molar-refractivity contribution < 1.29 is 24.1 Å². The first kappa shape index (κ1) is 25.1. The van der Waals surface area contributed by atoms with E-state index in [1.54, 1.807) is 14.0 Å². The van der Waals surface area contributed by atoms with E-state index in [0.29, 0.717) is 24.5 Å². The van der Waals surface area contributed by atoms with Gasteiger partial charge in [-0.1, -0.05) is 17.7 Å². The van der Waals surface area contributed by atoms with Crippen LogP contribution >= 0.6 is 0 Å². The van der Waals surface area contributed by atoms with E-state index in [1.807, 2.05) is 80.6 Å². The molecule has 1 atom stereocenters. The summed E-state index contributed by atoms with van der Waals surface area (Å²) < 4.78 is 18.5. The first-order valence-electron chi connectivity index (χ1n) is 12.0. The van der Waals surface area contributed by atoms with E-state index in [9.17, 15) is 9.90 Å². The lowest BCUT2D eigenvalue weighted by Crippen LogP contribution is -2.26. The number of methoxy groups -OCH3 is 1. The number of benzene rings is 3. The highest BCUT2D eigenvalue weighted by Crippen LogP contribution is 2.33. The van der Waals surface area contributed by atoms with E-state index >= 15 is 0 Å². The molecule has 1 aromatic heterocycles. The van der Waals surface area contributed by atoms with Gasteiger partial charge in [-0.2, -0.15) is 0 Å². The van der Waals surface area contributed by atoms with Gasteiger partial charge >= 0.3 is 5.97 Å². The van der Waals surface area contributed by atoms with Gasteiger partial charge in [0.1, 0.15) is 24.2 Å². The third kappa shape index (κ3) is 5.47. The van der Waals surface area contributed by atoms with Crippen LogP contribution in [0.4, 0.5) is 5.69 Å². The Labute approximate surface area is 211 Å². The van der Waals surface area contributed by atoms with Crippen LogP contribution in [0.2, 0.25) is 0 Å². The summed E-state index contributed by atoms with van der Waals surface area (Å²) >= 11 is 0. The van der Waals surface area contributed by atoms with E-state index in [2.05, 4.69) is 9.88 Å². The highest BCUT2D eigenvalue weighted by Gasteiger charge is 2.22. The highest BCUT2D eigenvalue weighted by atomic mass is 16.5. The first-order chi connectivity index (χ1) is 17.4. The van der Waals surface area contributed by atoms with Gasteiger partial charge in [-0.05, 0) is 75.4 Å². The van der Waals surface area contributed by atoms with Crippen molar-refractivity contribution >= 4 is 22.6 Å². The number of carbonyl (C=O) groups excluding carboxylic acids is 1. The Morgan fingerprint density at radius 2 is 1.69 bits per heavy atom. The van der Waals surface area contributed by atoms with Crippen LogP contribution in [-0.2, 0) is 4.74 Å². The van der Waals surface area contributed by atoms with Crippen molar-refractivity contribution in [3.05, 3.63) is 83.6 Å².